The fourth-order valence-corrected chi connectivity index (χ4v) is 3.53. The molecular weight excluding hydrogens is 360 g/mol. The van der Waals surface area contributed by atoms with Crippen LogP contribution < -0.4 is 5.56 Å². The van der Waals surface area contributed by atoms with Gasteiger partial charge in [0, 0.05) is 42.3 Å². The maximum absolute atomic E-state index is 12.5. The van der Waals surface area contributed by atoms with Gasteiger partial charge in [0.1, 0.15) is 0 Å². The van der Waals surface area contributed by atoms with Gasteiger partial charge in [-0.1, -0.05) is 18.2 Å². The molecule has 3 aromatic heterocycles. The van der Waals surface area contributed by atoms with Crippen LogP contribution in [0.4, 0.5) is 4.79 Å². The van der Waals surface area contributed by atoms with E-state index in [1.807, 2.05) is 47.3 Å². The number of para-hydroxylation sites is 1. The molecule has 0 bridgehead atoms. The number of hydrogen-bond acceptors (Lipinski definition) is 4. The molecule has 1 aliphatic heterocycles. The Labute approximate surface area is 158 Å². The number of carbonyl (C=O) groups is 1. The lowest BCUT2D eigenvalue weighted by atomic mass is 10.1. The molecule has 1 aliphatic rings. The number of hydrogen-bond donors (Lipinski definition) is 2. The van der Waals surface area contributed by atoms with Crippen molar-refractivity contribution >= 4 is 17.1 Å². The molecule has 28 heavy (non-hydrogen) atoms. The molecular formula is C19H16N6O3. The summed E-state index contributed by atoms with van der Waals surface area (Å²) in [5.41, 5.74) is 2.77. The first-order valence-electron chi connectivity index (χ1n) is 8.78. The van der Waals surface area contributed by atoms with Gasteiger partial charge in [0.25, 0.3) is 5.56 Å². The summed E-state index contributed by atoms with van der Waals surface area (Å²) >= 11 is 0. The molecule has 5 rings (SSSR count). The first-order chi connectivity index (χ1) is 13.6. The van der Waals surface area contributed by atoms with Crippen LogP contribution in [0.2, 0.25) is 0 Å². The molecule has 0 unspecified atom stereocenters. The van der Waals surface area contributed by atoms with Gasteiger partial charge >= 0.3 is 6.09 Å². The molecule has 0 radical (unpaired) electrons. The molecule has 1 amide bonds. The zero-order chi connectivity index (χ0) is 19.3. The second kappa shape index (κ2) is 6.08. The molecule has 1 aromatic carbocycles. The minimum Gasteiger partial charge on any atom is -0.465 e. The van der Waals surface area contributed by atoms with Gasteiger partial charge in [0.15, 0.2) is 5.65 Å². The average molecular weight is 376 g/mol. The molecule has 4 aromatic rings. The highest BCUT2D eigenvalue weighted by Gasteiger charge is 2.32. The van der Waals surface area contributed by atoms with Crippen LogP contribution in [-0.4, -0.2) is 53.5 Å². The molecule has 0 atom stereocenters. The first kappa shape index (κ1) is 16.3. The second-order valence-corrected chi connectivity index (χ2v) is 6.73. The third kappa shape index (κ3) is 2.48. The van der Waals surface area contributed by atoms with Crippen molar-refractivity contribution in [3.05, 3.63) is 65.6 Å². The van der Waals surface area contributed by atoms with Crippen molar-refractivity contribution in [3.8, 4) is 16.8 Å². The molecule has 0 spiro atoms. The summed E-state index contributed by atoms with van der Waals surface area (Å²) in [5, 5.41) is 13.9. The fourth-order valence-electron chi connectivity index (χ4n) is 3.53. The number of aromatic amines is 1. The number of likely N-dealkylation sites (tertiary alicyclic amines) is 1. The van der Waals surface area contributed by atoms with Gasteiger partial charge in [-0.2, -0.15) is 5.10 Å². The zero-order valence-corrected chi connectivity index (χ0v) is 14.7. The van der Waals surface area contributed by atoms with Crippen molar-refractivity contribution in [1.82, 2.24) is 29.2 Å². The number of rotatable bonds is 3. The molecule has 4 heterocycles. The summed E-state index contributed by atoms with van der Waals surface area (Å²) < 4.78 is 3.64. The summed E-state index contributed by atoms with van der Waals surface area (Å²) in [5.74, 6) is 0. The molecule has 2 N–H and O–H groups in total. The number of nitrogens with zero attached hydrogens (tertiary/aromatic N) is 5. The van der Waals surface area contributed by atoms with Crippen molar-refractivity contribution in [2.75, 3.05) is 13.1 Å². The molecule has 1 saturated heterocycles. The lowest BCUT2D eigenvalue weighted by Gasteiger charge is -2.36. The van der Waals surface area contributed by atoms with Crippen LogP contribution in [0, 0.1) is 0 Å². The third-order valence-corrected chi connectivity index (χ3v) is 5.04. The van der Waals surface area contributed by atoms with E-state index in [1.54, 1.807) is 10.9 Å². The van der Waals surface area contributed by atoms with Gasteiger partial charge in [0.2, 0.25) is 0 Å². The second-order valence-electron chi connectivity index (χ2n) is 6.73. The fraction of sp³-hybridized carbons (Fsp3) is 0.158. The lowest BCUT2D eigenvalue weighted by Crippen LogP contribution is -2.50. The van der Waals surface area contributed by atoms with E-state index in [2.05, 4.69) is 15.1 Å². The summed E-state index contributed by atoms with van der Waals surface area (Å²) in [6.07, 6.45) is 5.90. The Morgan fingerprint density at radius 1 is 1.18 bits per heavy atom. The first-order valence-corrected chi connectivity index (χ1v) is 8.78. The number of aromatic nitrogens is 5. The zero-order valence-electron chi connectivity index (χ0n) is 14.7. The Morgan fingerprint density at radius 2 is 1.96 bits per heavy atom. The van der Waals surface area contributed by atoms with E-state index in [-0.39, 0.29) is 11.6 Å². The van der Waals surface area contributed by atoms with Crippen LogP contribution in [0.5, 0.6) is 0 Å². The Bertz CT molecular complexity index is 1230. The topological polar surface area (TPSA) is 109 Å². The average Bonchev–Trinajstić information content (AvgIpc) is 3.26. The van der Waals surface area contributed by atoms with Gasteiger partial charge in [-0.3, -0.25) is 9.48 Å². The highest BCUT2D eigenvalue weighted by molar-refractivity contribution is 5.94. The largest absolute Gasteiger partial charge is 0.465 e. The predicted octanol–water partition coefficient (Wildman–Crippen LogP) is 2.11. The van der Waals surface area contributed by atoms with Gasteiger partial charge in [-0.15, -0.1) is 0 Å². The van der Waals surface area contributed by atoms with Gasteiger partial charge in [-0.25, -0.2) is 9.78 Å². The molecule has 140 valence electrons. The minimum atomic E-state index is -0.924. The van der Waals surface area contributed by atoms with E-state index in [4.69, 9.17) is 5.11 Å². The molecule has 9 heteroatoms. The van der Waals surface area contributed by atoms with Crippen LogP contribution >= 0.6 is 0 Å². The van der Waals surface area contributed by atoms with Gasteiger partial charge < -0.3 is 19.6 Å². The van der Waals surface area contributed by atoms with E-state index in [0.29, 0.717) is 24.1 Å². The number of fused-ring (bicyclic) bond motifs is 1. The SMILES string of the molecule is O=C(O)N1CC(n2cc(-c3cn(-c4ccccc4)c4nc[nH]c(=O)c34)cn2)C1. The van der Waals surface area contributed by atoms with Crippen LogP contribution in [0.25, 0.3) is 27.8 Å². The van der Waals surface area contributed by atoms with E-state index in [1.165, 1.54) is 11.2 Å². The lowest BCUT2D eigenvalue weighted by molar-refractivity contribution is 0.0812. The van der Waals surface area contributed by atoms with E-state index in [0.717, 1.165) is 16.8 Å². The summed E-state index contributed by atoms with van der Waals surface area (Å²) in [6, 6.07) is 9.69. The standard InChI is InChI=1S/C19H16N6O3/c26-18-16-15(12-6-22-25(7-12)14-8-23(9-14)19(27)28)10-24(17(16)20-11-21-18)13-4-2-1-3-5-13/h1-7,10-11,14H,8-9H2,(H,27,28)(H,20,21,26). The molecule has 9 nitrogen and oxygen atoms in total. The third-order valence-electron chi connectivity index (χ3n) is 5.04. The summed E-state index contributed by atoms with van der Waals surface area (Å²) in [7, 11) is 0. The minimum absolute atomic E-state index is 0.00346. The number of H-pyrrole nitrogens is 1. The molecule has 0 saturated carbocycles. The normalized spacial score (nSPS) is 14.4. The predicted molar refractivity (Wildman–Crippen MR) is 102 cm³/mol. The van der Waals surface area contributed by atoms with Crippen molar-refractivity contribution in [2.24, 2.45) is 0 Å². The monoisotopic (exact) mass is 376 g/mol. The van der Waals surface area contributed by atoms with Crippen LogP contribution in [0.1, 0.15) is 6.04 Å². The molecule has 1 fully saturated rings. The van der Waals surface area contributed by atoms with Crippen molar-refractivity contribution in [3.63, 3.8) is 0 Å². The van der Waals surface area contributed by atoms with Crippen LogP contribution in [0.15, 0.2) is 60.0 Å². The number of nitrogens with one attached hydrogen (secondary N) is 1. The highest BCUT2D eigenvalue weighted by atomic mass is 16.4. The number of amides is 1. The summed E-state index contributed by atoms with van der Waals surface area (Å²) in [6.45, 7) is 0.814. The highest BCUT2D eigenvalue weighted by Crippen LogP contribution is 2.30. The number of benzene rings is 1. The van der Waals surface area contributed by atoms with E-state index < -0.39 is 6.09 Å². The maximum atomic E-state index is 12.5. The van der Waals surface area contributed by atoms with Crippen LogP contribution in [0.3, 0.4) is 0 Å². The van der Waals surface area contributed by atoms with E-state index in [9.17, 15) is 9.59 Å². The van der Waals surface area contributed by atoms with E-state index >= 15 is 0 Å². The molecule has 0 aliphatic carbocycles. The van der Waals surface area contributed by atoms with Crippen molar-refractivity contribution in [2.45, 2.75) is 6.04 Å². The Morgan fingerprint density at radius 3 is 2.71 bits per heavy atom. The van der Waals surface area contributed by atoms with Gasteiger partial charge in [0.05, 0.1) is 24.0 Å². The quantitative estimate of drug-likeness (QED) is 0.569. The number of carboxylic acid groups (broad SMARTS) is 1. The smallest absolute Gasteiger partial charge is 0.407 e. The summed E-state index contributed by atoms with van der Waals surface area (Å²) in [4.78, 5) is 31.8. The van der Waals surface area contributed by atoms with Gasteiger partial charge in [-0.05, 0) is 12.1 Å². The Kier molecular flexibility index (Phi) is 3.54. The van der Waals surface area contributed by atoms with Crippen molar-refractivity contribution < 1.29 is 9.90 Å². The van der Waals surface area contributed by atoms with Crippen LogP contribution in [-0.2, 0) is 0 Å². The maximum Gasteiger partial charge on any atom is 0.407 e. The van der Waals surface area contributed by atoms with Crippen molar-refractivity contribution in [1.29, 1.82) is 0 Å². The Balaban J connectivity index is 1.59. The Hall–Kier alpha value is -3.88.